The van der Waals surface area contributed by atoms with E-state index in [0.29, 0.717) is 17.8 Å². The Morgan fingerprint density at radius 3 is 2.48 bits per heavy atom. The van der Waals surface area contributed by atoms with E-state index in [1.54, 1.807) is 0 Å². The van der Waals surface area contributed by atoms with Crippen LogP contribution in [0.25, 0.3) is 0 Å². The van der Waals surface area contributed by atoms with Gasteiger partial charge in [-0.25, -0.2) is 4.98 Å². The van der Waals surface area contributed by atoms with Gasteiger partial charge in [-0.05, 0) is 24.8 Å². The Labute approximate surface area is 124 Å². The van der Waals surface area contributed by atoms with E-state index in [9.17, 15) is 4.79 Å². The van der Waals surface area contributed by atoms with E-state index in [1.165, 1.54) is 5.56 Å². The lowest BCUT2D eigenvalue weighted by molar-refractivity contribution is 0.497. The molecule has 0 unspecified atom stereocenters. The van der Waals surface area contributed by atoms with E-state index in [2.05, 4.69) is 22.1 Å². The summed E-state index contributed by atoms with van der Waals surface area (Å²) in [5.74, 6) is 1.10. The van der Waals surface area contributed by atoms with Crippen LogP contribution in [0.4, 0.5) is 5.82 Å². The fourth-order valence-corrected chi connectivity index (χ4v) is 3.48. The third-order valence-electron chi connectivity index (χ3n) is 4.64. The second-order valence-corrected chi connectivity index (χ2v) is 5.79. The molecule has 3 rings (SSSR count). The molecule has 1 heterocycles. The number of nitrogens with two attached hydrogens (primary N) is 1. The molecule has 0 amide bonds. The normalized spacial score (nSPS) is 17.0. The van der Waals surface area contributed by atoms with Crippen LogP contribution in [0.5, 0.6) is 0 Å². The van der Waals surface area contributed by atoms with Gasteiger partial charge in [0.15, 0.2) is 0 Å². The molecule has 21 heavy (non-hydrogen) atoms. The molecule has 1 fully saturated rings. The third kappa shape index (κ3) is 2.24. The summed E-state index contributed by atoms with van der Waals surface area (Å²) in [5.41, 5.74) is 7.52. The highest BCUT2D eigenvalue weighted by molar-refractivity contribution is 5.41. The molecule has 1 aromatic heterocycles. The van der Waals surface area contributed by atoms with Crippen molar-refractivity contribution >= 4 is 5.82 Å². The van der Waals surface area contributed by atoms with Gasteiger partial charge < -0.3 is 10.7 Å². The molecule has 0 atom stereocenters. The van der Waals surface area contributed by atoms with E-state index >= 15 is 0 Å². The van der Waals surface area contributed by atoms with Crippen molar-refractivity contribution in [3.8, 4) is 0 Å². The van der Waals surface area contributed by atoms with Crippen molar-refractivity contribution in [1.29, 1.82) is 0 Å². The first-order valence-corrected chi connectivity index (χ1v) is 7.62. The second kappa shape index (κ2) is 5.35. The molecule has 2 aromatic rings. The van der Waals surface area contributed by atoms with Gasteiger partial charge in [-0.2, -0.15) is 0 Å². The number of nitrogens with zero attached hydrogens (tertiary/aromatic N) is 1. The third-order valence-corrected chi connectivity index (χ3v) is 4.64. The summed E-state index contributed by atoms with van der Waals surface area (Å²) in [6, 6.07) is 10.3. The van der Waals surface area contributed by atoms with Gasteiger partial charge in [0, 0.05) is 0 Å². The Balaban J connectivity index is 2.18. The van der Waals surface area contributed by atoms with Crippen LogP contribution < -0.4 is 11.3 Å². The van der Waals surface area contributed by atoms with Gasteiger partial charge in [-0.1, -0.05) is 50.1 Å². The number of benzene rings is 1. The van der Waals surface area contributed by atoms with Gasteiger partial charge >= 0.3 is 0 Å². The van der Waals surface area contributed by atoms with Crippen LogP contribution in [-0.2, 0) is 11.8 Å². The van der Waals surface area contributed by atoms with E-state index in [0.717, 1.165) is 31.5 Å². The Morgan fingerprint density at radius 1 is 1.24 bits per heavy atom. The quantitative estimate of drug-likeness (QED) is 0.909. The number of rotatable bonds is 3. The summed E-state index contributed by atoms with van der Waals surface area (Å²) in [6.45, 7) is 1.92. The van der Waals surface area contributed by atoms with Gasteiger partial charge in [0.2, 0.25) is 0 Å². The second-order valence-electron chi connectivity index (χ2n) is 5.79. The average Bonchev–Trinajstić information content (AvgIpc) is 2.98. The molecule has 1 aromatic carbocycles. The molecule has 1 aliphatic carbocycles. The minimum Gasteiger partial charge on any atom is -0.383 e. The SMILES string of the molecule is CCc1c(N)nc(C2(c3ccccc3)CCCC2)[nH]c1=O. The lowest BCUT2D eigenvalue weighted by atomic mass is 9.78. The summed E-state index contributed by atoms with van der Waals surface area (Å²) in [5, 5.41) is 0. The van der Waals surface area contributed by atoms with Crippen molar-refractivity contribution < 1.29 is 0 Å². The van der Waals surface area contributed by atoms with Crippen molar-refractivity contribution in [3.63, 3.8) is 0 Å². The minimum absolute atomic E-state index is 0.0952. The van der Waals surface area contributed by atoms with Gasteiger partial charge in [-0.3, -0.25) is 4.79 Å². The van der Waals surface area contributed by atoms with E-state index in [1.807, 2.05) is 25.1 Å². The number of anilines is 1. The topological polar surface area (TPSA) is 71.8 Å². The Morgan fingerprint density at radius 2 is 1.90 bits per heavy atom. The fraction of sp³-hybridized carbons (Fsp3) is 0.412. The van der Waals surface area contributed by atoms with Crippen LogP contribution in [0.1, 0.15) is 49.6 Å². The maximum atomic E-state index is 12.2. The molecule has 1 aliphatic rings. The van der Waals surface area contributed by atoms with Gasteiger partial charge in [-0.15, -0.1) is 0 Å². The predicted octanol–water partition coefficient (Wildman–Crippen LogP) is 2.77. The maximum absolute atomic E-state index is 12.2. The largest absolute Gasteiger partial charge is 0.383 e. The zero-order chi connectivity index (χ0) is 14.9. The first-order chi connectivity index (χ1) is 10.2. The van der Waals surface area contributed by atoms with E-state index in [4.69, 9.17) is 5.73 Å². The highest BCUT2D eigenvalue weighted by Crippen LogP contribution is 2.44. The summed E-state index contributed by atoms with van der Waals surface area (Å²) in [4.78, 5) is 19.8. The van der Waals surface area contributed by atoms with Crippen molar-refractivity contribution in [3.05, 3.63) is 57.6 Å². The van der Waals surface area contributed by atoms with E-state index < -0.39 is 0 Å². The summed E-state index contributed by atoms with van der Waals surface area (Å²) in [7, 11) is 0. The Kier molecular flexibility index (Phi) is 3.53. The van der Waals surface area contributed by atoms with Crippen molar-refractivity contribution in [2.24, 2.45) is 0 Å². The minimum atomic E-state index is -0.194. The van der Waals surface area contributed by atoms with Gasteiger partial charge in [0.1, 0.15) is 11.6 Å². The molecule has 3 N–H and O–H groups in total. The number of hydrogen-bond acceptors (Lipinski definition) is 3. The highest BCUT2D eigenvalue weighted by Gasteiger charge is 2.40. The Bertz CT molecular complexity index is 685. The molecule has 0 radical (unpaired) electrons. The van der Waals surface area contributed by atoms with Crippen LogP contribution in [0.2, 0.25) is 0 Å². The Hall–Kier alpha value is -2.10. The number of H-pyrrole nitrogens is 1. The zero-order valence-corrected chi connectivity index (χ0v) is 12.4. The molecular weight excluding hydrogens is 262 g/mol. The fourth-order valence-electron chi connectivity index (χ4n) is 3.48. The van der Waals surface area contributed by atoms with Crippen molar-refractivity contribution in [1.82, 2.24) is 9.97 Å². The van der Waals surface area contributed by atoms with Crippen LogP contribution in [-0.4, -0.2) is 9.97 Å². The molecule has 0 saturated heterocycles. The first-order valence-electron chi connectivity index (χ1n) is 7.62. The van der Waals surface area contributed by atoms with Crippen molar-refractivity contribution in [2.75, 3.05) is 5.73 Å². The standard InChI is InChI=1S/C17H21N3O/c1-2-13-14(18)19-16(20-15(13)21)17(10-6-7-11-17)12-8-4-3-5-9-12/h3-5,8-9H,2,6-7,10-11H2,1H3,(H3,18,19,20,21). The molecular formula is C17H21N3O. The lowest BCUT2D eigenvalue weighted by Gasteiger charge is -2.29. The molecule has 4 heteroatoms. The number of nitrogen functional groups attached to an aromatic ring is 1. The van der Waals surface area contributed by atoms with Gasteiger partial charge in [0.25, 0.3) is 5.56 Å². The molecule has 4 nitrogen and oxygen atoms in total. The van der Waals surface area contributed by atoms with Crippen LogP contribution in [0.3, 0.4) is 0 Å². The van der Waals surface area contributed by atoms with Crippen LogP contribution >= 0.6 is 0 Å². The van der Waals surface area contributed by atoms with Crippen LogP contribution in [0.15, 0.2) is 35.1 Å². The molecule has 1 saturated carbocycles. The smallest absolute Gasteiger partial charge is 0.256 e. The monoisotopic (exact) mass is 283 g/mol. The maximum Gasteiger partial charge on any atom is 0.256 e. The average molecular weight is 283 g/mol. The predicted molar refractivity (Wildman–Crippen MR) is 84.3 cm³/mol. The zero-order valence-electron chi connectivity index (χ0n) is 12.4. The van der Waals surface area contributed by atoms with Gasteiger partial charge in [0.05, 0.1) is 11.0 Å². The summed E-state index contributed by atoms with van der Waals surface area (Å²) in [6.07, 6.45) is 4.91. The number of aromatic nitrogens is 2. The molecule has 0 aliphatic heterocycles. The molecule has 110 valence electrons. The summed E-state index contributed by atoms with van der Waals surface area (Å²) >= 11 is 0. The number of aromatic amines is 1. The summed E-state index contributed by atoms with van der Waals surface area (Å²) < 4.78 is 0. The number of hydrogen-bond donors (Lipinski definition) is 2. The van der Waals surface area contributed by atoms with Crippen molar-refractivity contribution in [2.45, 2.75) is 44.4 Å². The van der Waals surface area contributed by atoms with Crippen LogP contribution in [0, 0.1) is 0 Å². The first kappa shape index (κ1) is 13.9. The number of nitrogens with one attached hydrogen (secondary N) is 1. The van der Waals surface area contributed by atoms with E-state index in [-0.39, 0.29) is 11.0 Å². The highest BCUT2D eigenvalue weighted by atomic mass is 16.1. The molecule has 0 spiro atoms. The lowest BCUT2D eigenvalue weighted by Crippen LogP contribution is -2.31. The molecule has 0 bridgehead atoms.